The zero-order chi connectivity index (χ0) is 13.4. The van der Waals surface area contributed by atoms with E-state index < -0.39 is 5.60 Å². The molecule has 1 aliphatic carbocycles. The van der Waals surface area contributed by atoms with E-state index in [-0.39, 0.29) is 0 Å². The van der Waals surface area contributed by atoms with Gasteiger partial charge in [0.1, 0.15) is 5.76 Å². The van der Waals surface area contributed by atoms with Crippen LogP contribution in [0, 0.1) is 0 Å². The Hall–Kier alpha value is -0.760. The van der Waals surface area contributed by atoms with Crippen molar-refractivity contribution in [1.82, 2.24) is 0 Å². The van der Waals surface area contributed by atoms with Crippen LogP contribution in [0.25, 0.3) is 0 Å². The minimum absolute atomic E-state index is 0.381. The molecule has 0 aliphatic heterocycles. The lowest BCUT2D eigenvalue weighted by molar-refractivity contribution is 0.0739. The third kappa shape index (κ3) is 4.85. The van der Waals surface area contributed by atoms with Gasteiger partial charge in [0.2, 0.25) is 0 Å². The molecule has 2 N–H and O–H groups in total. The van der Waals surface area contributed by atoms with Crippen LogP contribution in [0.1, 0.15) is 71.6 Å². The number of aliphatic hydroxyl groups excluding tert-OH is 1. The molecule has 1 aliphatic rings. The predicted octanol–water partition coefficient (Wildman–Crippen LogP) is 4.65. The van der Waals surface area contributed by atoms with E-state index >= 15 is 0 Å². The summed E-state index contributed by atoms with van der Waals surface area (Å²) < 4.78 is 0. The summed E-state index contributed by atoms with van der Waals surface area (Å²) in [6.45, 7) is 4.35. The van der Waals surface area contributed by atoms with Gasteiger partial charge in [0.05, 0.1) is 5.60 Å². The Labute approximate surface area is 111 Å². The minimum Gasteiger partial charge on any atom is -0.508 e. The average molecular weight is 252 g/mol. The molecule has 0 aromatic carbocycles. The fourth-order valence-corrected chi connectivity index (χ4v) is 2.53. The third-order valence-corrected chi connectivity index (χ3v) is 3.73. The van der Waals surface area contributed by atoms with Gasteiger partial charge < -0.3 is 10.2 Å². The van der Waals surface area contributed by atoms with Gasteiger partial charge in [-0.25, -0.2) is 0 Å². The normalized spacial score (nSPS) is 23.7. The second-order valence-electron chi connectivity index (χ2n) is 5.52. The minimum atomic E-state index is -0.719. The van der Waals surface area contributed by atoms with E-state index in [1.807, 2.05) is 0 Å². The van der Waals surface area contributed by atoms with Crippen molar-refractivity contribution in [1.29, 1.82) is 0 Å². The number of rotatable bonds is 8. The van der Waals surface area contributed by atoms with Gasteiger partial charge in [-0.2, -0.15) is 0 Å². The molecule has 1 unspecified atom stereocenters. The Bertz CT molecular complexity index is 304. The van der Waals surface area contributed by atoms with Gasteiger partial charge >= 0.3 is 0 Å². The molecule has 104 valence electrons. The van der Waals surface area contributed by atoms with E-state index in [9.17, 15) is 10.2 Å². The second kappa shape index (κ2) is 7.63. The topological polar surface area (TPSA) is 40.5 Å². The lowest BCUT2D eigenvalue weighted by Crippen LogP contribution is -2.29. The maximum atomic E-state index is 10.5. The summed E-state index contributed by atoms with van der Waals surface area (Å²) in [5, 5.41) is 20.4. The molecule has 0 aromatic rings. The zero-order valence-corrected chi connectivity index (χ0v) is 11.9. The van der Waals surface area contributed by atoms with Crippen LogP contribution in [0.4, 0.5) is 0 Å². The molecule has 0 radical (unpaired) electrons. The summed E-state index contributed by atoms with van der Waals surface area (Å²) in [4.78, 5) is 0. The lowest BCUT2D eigenvalue weighted by atomic mass is 9.83. The van der Waals surface area contributed by atoms with Gasteiger partial charge in [-0.1, -0.05) is 46.0 Å². The van der Waals surface area contributed by atoms with Crippen LogP contribution in [0.5, 0.6) is 0 Å². The summed E-state index contributed by atoms with van der Waals surface area (Å²) in [6.07, 6.45) is 12.7. The Morgan fingerprint density at radius 2 is 1.78 bits per heavy atom. The first kappa shape index (κ1) is 15.3. The van der Waals surface area contributed by atoms with Crippen LogP contribution in [0.2, 0.25) is 0 Å². The molecule has 0 fully saturated rings. The van der Waals surface area contributed by atoms with Crippen LogP contribution in [-0.2, 0) is 0 Å². The second-order valence-corrected chi connectivity index (χ2v) is 5.52. The van der Waals surface area contributed by atoms with Crippen molar-refractivity contribution in [3.63, 3.8) is 0 Å². The van der Waals surface area contributed by atoms with Crippen LogP contribution < -0.4 is 0 Å². The predicted molar refractivity (Wildman–Crippen MR) is 76.6 cm³/mol. The van der Waals surface area contributed by atoms with Crippen molar-refractivity contribution in [2.75, 3.05) is 0 Å². The highest BCUT2D eigenvalue weighted by atomic mass is 16.3. The average Bonchev–Trinajstić information content (AvgIpc) is 2.35. The maximum Gasteiger partial charge on any atom is 0.114 e. The van der Waals surface area contributed by atoms with Crippen LogP contribution in [0.15, 0.2) is 23.5 Å². The van der Waals surface area contributed by atoms with Crippen molar-refractivity contribution in [3.05, 3.63) is 23.5 Å². The molecule has 0 amide bonds. The molecule has 1 atom stereocenters. The number of allylic oxidation sites excluding steroid dienone is 1. The van der Waals surface area contributed by atoms with E-state index in [1.54, 1.807) is 12.2 Å². The number of hydrogen-bond donors (Lipinski definition) is 2. The Balaban J connectivity index is 2.50. The number of aliphatic hydroxyl groups is 2. The number of hydrogen-bond acceptors (Lipinski definition) is 2. The molecule has 0 aromatic heterocycles. The molecule has 0 saturated carbocycles. The summed E-state index contributed by atoms with van der Waals surface area (Å²) in [6, 6.07) is 0. The quantitative estimate of drug-likeness (QED) is 0.617. The van der Waals surface area contributed by atoms with Gasteiger partial charge in [-0.05, 0) is 37.0 Å². The molecule has 2 nitrogen and oxygen atoms in total. The van der Waals surface area contributed by atoms with Gasteiger partial charge in [-0.3, -0.25) is 0 Å². The molecule has 0 heterocycles. The van der Waals surface area contributed by atoms with Gasteiger partial charge in [0.15, 0.2) is 0 Å². The van der Waals surface area contributed by atoms with Crippen molar-refractivity contribution < 1.29 is 10.2 Å². The van der Waals surface area contributed by atoms with Crippen molar-refractivity contribution in [3.8, 4) is 0 Å². The largest absolute Gasteiger partial charge is 0.508 e. The first-order valence-electron chi connectivity index (χ1n) is 7.44. The first-order chi connectivity index (χ1) is 8.61. The highest BCUT2D eigenvalue weighted by molar-refractivity contribution is 5.29. The van der Waals surface area contributed by atoms with E-state index in [0.717, 1.165) is 37.7 Å². The summed E-state index contributed by atoms with van der Waals surface area (Å²) in [5.74, 6) is 0.381. The highest BCUT2D eigenvalue weighted by Gasteiger charge is 2.28. The molecule has 18 heavy (non-hydrogen) atoms. The van der Waals surface area contributed by atoms with Crippen LogP contribution in [-0.4, -0.2) is 15.8 Å². The SMILES string of the molecule is CCCCCC1=C(O)C=CC(O)(CCCCC)C1. The van der Waals surface area contributed by atoms with E-state index in [1.165, 1.54) is 19.3 Å². The maximum absolute atomic E-state index is 10.5. The smallest absolute Gasteiger partial charge is 0.114 e. The van der Waals surface area contributed by atoms with Crippen molar-refractivity contribution >= 4 is 0 Å². The van der Waals surface area contributed by atoms with Crippen LogP contribution >= 0.6 is 0 Å². The summed E-state index contributed by atoms with van der Waals surface area (Å²) >= 11 is 0. The van der Waals surface area contributed by atoms with E-state index in [2.05, 4.69) is 13.8 Å². The molecule has 0 spiro atoms. The van der Waals surface area contributed by atoms with Gasteiger partial charge in [0, 0.05) is 6.42 Å². The summed E-state index contributed by atoms with van der Waals surface area (Å²) in [7, 11) is 0. The molecule has 1 rings (SSSR count). The third-order valence-electron chi connectivity index (χ3n) is 3.73. The monoisotopic (exact) mass is 252 g/mol. The zero-order valence-electron chi connectivity index (χ0n) is 11.9. The lowest BCUT2D eigenvalue weighted by Gasteiger charge is -2.29. The highest BCUT2D eigenvalue weighted by Crippen LogP contribution is 2.33. The standard InChI is InChI=1S/C16H28O2/c1-3-5-7-9-14-13-16(18,11-8-6-4-2)12-10-15(14)17/h10,12,17-18H,3-9,11,13H2,1-2H3. The molecular weight excluding hydrogens is 224 g/mol. The summed E-state index contributed by atoms with van der Waals surface area (Å²) in [5.41, 5.74) is 0.313. The molecule has 0 bridgehead atoms. The molecule has 0 saturated heterocycles. The van der Waals surface area contributed by atoms with Crippen molar-refractivity contribution in [2.24, 2.45) is 0 Å². The Kier molecular flexibility index (Phi) is 6.48. The fraction of sp³-hybridized carbons (Fsp3) is 0.750. The molecule has 2 heteroatoms. The Morgan fingerprint density at radius 3 is 2.44 bits per heavy atom. The van der Waals surface area contributed by atoms with E-state index in [4.69, 9.17) is 0 Å². The number of unbranched alkanes of at least 4 members (excludes halogenated alkanes) is 4. The first-order valence-corrected chi connectivity index (χ1v) is 7.44. The molecular formula is C16H28O2. The fourth-order valence-electron chi connectivity index (χ4n) is 2.53. The Morgan fingerprint density at radius 1 is 1.11 bits per heavy atom. The van der Waals surface area contributed by atoms with Crippen molar-refractivity contribution in [2.45, 2.75) is 77.2 Å². The van der Waals surface area contributed by atoms with Gasteiger partial charge in [0.25, 0.3) is 0 Å². The van der Waals surface area contributed by atoms with Crippen LogP contribution in [0.3, 0.4) is 0 Å². The van der Waals surface area contributed by atoms with Gasteiger partial charge in [-0.15, -0.1) is 0 Å². The van der Waals surface area contributed by atoms with E-state index in [0.29, 0.717) is 12.2 Å².